The lowest BCUT2D eigenvalue weighted by Gasteiger charge is -2.29. The number of likely N-dealkylation sites (tertiary alicyclic amines) is 1. The highest BCUT2D eigenvalue weighted by Gasteiger charge is 2.30. The number of hydrogen-bond acceptors (Lipinski definition) is 7. The molecule has 1 aliphatic carbocycles. The Morgan fingerprint density at radius 2 is 1.76 bits per heavy atom. The van der Waals surface area contributed by atoms with Crippen LogP contribution in [0.15, 0.2) is 72.9 Å². The number of aromatic nitrogens is 1. The molecule has 2 aromatic carbocycles. The van der Waals surface area contributed by atoms with Gasteiger partial charge in [0.05, 0.1) is 18.9 Å². The standard InChI is InChI=1S/C30H34N4O2S2/c35-29-18-23(33-12-14-36-15-13-33)17-25(32-29)24-6-3-7-27-30(24)38-26-9-8-20(16-28(26)37-27)31-21-10-11-34(19-21)22-4-1-2-5-22/h3,6-9,16-18,21-22,31H,1-2,4-5,10-15,19H2,(H,32,35). The predicted octanol–water partition coefficient (Wildman–Crippen LogP) is 5.92. The minimum atomic E-state index is -0.0652. The number of anilines is 2. The number of benzene rings is 2. The molecule has 1 aromatic heterocycles. The number of aromatic amines is 1. The molecule has 2 N–H and O–H groups in total. The molecule has 1 atom stereocenters. The van der Waals surface area contributed by atoms with Gasteiger partial charge in [-0.25, -0.2) is 0 Å². The van der Waals surface area contributed by atoms with Crippen molar-refractivity contribution in [3.8, 4) is 11.3 Å². The first kappa shape index (κ1) is 24.6. The van der Waals surface area contributed by atoms with Crippen LogP contribution in [0.1, 0.15) is 32.1 Å². The quantitative estimate of drug-likeness (QED) is 0.322. The summed E-state index contributed by atoms with van der Waals surface area (Å²) in [5.74, 6) is 0. The Hall–Kier alpha value is -2.39. The van der Waals surface area contributed by atoms with Crippen LogP contribution >= 0.6 is 23.5 Å². The Morgan fingerprint density at radius 1 is 0.895 bits per heavy atom. The fraction of sp³-hybridized carbons (Fsp3) is 0.433. The summed E-state index contributed by atoms with van der Waals surface area (Å²) < 4.78 is 5.50. The smallest absolute Gasteiger partial charge is 0.250 e. The van der Waals surface area contributed by atoms with Crippen molar-refractivity contribution in [3.63, 3.8) is 0 Å². The third kappa shape index (κ3) is 4.99. The highest BCUT2D eigenvalue weighted by molar-refractivity contribution is 8.05. The monoisotopic (exact) mass is 546 g/mol. The van der Waals surface area contributed by atoms with E-state index >= 15 is 0 Å². The van der Waals surface area contributed by atoms with E-state index in [4.69, 9.17) is 4.74 Å². The molecule has 2 saturated heterocycles. The molecule has 3 fully saturated rings. The van der Waals surface area contributed by atoms with Crippen LogP contribution in [0, 0.1) is 0 Å². The van der Waals surface area contributed by atoms with E-state index in [0.29, 0.717) is 19.3 Å². The van der Waals surface area contributed by atoms with Crippen LogP contribution in [0.25, 0.3) is 11.3 Å². The number of pyridine rings is 1. The molecule has 0 spiro atoms. The van der Waals surface area contributed by atoms with Crippen LogP contribution in [0.4, 0.5) is 11.4 Å². The van der Waals surface area contributed by atoms with Crippen molar-refractivity contribution in [2.45, 2.75) is 63.8 Å². The van der Waals surface area contributed by atoms with Crippen LogP contribution in [0.2, 0.25) is 0 Å². The van der Waals surface area contributed by atoms with Gasteiger partial charge in [-0.2, -0.15) is 0 Å². The van der Waals surface area contributed by atoms with Crippen molar-refractivity contribution in [3.05, 3.63) is 58.9 Å². The molecule has 198 valence electrons. The maximum atomic E-state index is 12.6. The molecule has 3 aliphatic heterocycles. The average molecular weight is 547 g/mol. The van der Waals surface area contributed by atoms with Crippen LogP contribution in [-0.4, -0.2) is 61.4 Å². The fourth-order valence-corrected chi connectivity index (χ4v) is 8.74. The number of hydrogen-bond donors (Lipinski definition) is 2. The van der Waals surface area contributed by atoms with E-state index in [2.05, 4.69) is 62.6 Å². The number of nitrogens with one attached hydrogen (secondary N) is 2. The van der Waals surface area contributed by atoms with Crippen molar-refractivity contribution in [1.82, 2.24) is 9.88 Å². The molecule has 0 bridgehead atoms. The average Bonchev–Trinajstić information content (AvgIpc) is 3.64. The van der Waals surface area contributed by atoms with E-state index in [1.54, 1.807) is 6.07 Å². The highest BCUT2D eigenvalue weighted by Crippen LogP contribution is 2.52. The predicted molar refractivity (Wildman–Crippen MR) is 156 cm³/mol. The zero-order valence-electron chi connectivity index (χ0n) is 21.6. The van der Waals surface area contributed by atoms with Crippen molar-refractivity contribution in [2.75, 3.05) is 49.6 Å². The molecule has 1 saturated carbocycles. The van der Waals surface area contributed by atoms with Gasteiger partial charge in [0, 0.05) is 80.8 Å². The summed E-state index contributed by atoms with van der Waals surface area (Å²) in [6.07, 6.45) is 6.79. The molecule has 0 amide bonds. The number of morpholine rings is 1. The van der Waals surface area contributed by atoms with Gasteiger partial charge in [0.1, 0.15) is 0 Å². The Kier molecular flexibility index (Phi) is 6.90. The first-order valence-electron chi connectivity index (χ1n) is 13.9. The Labute approximate surface area is 232 Å². The van der Waals surface area contributed by atoms with Gasteiger partial charge in [0.25, 0.3) is 0 Å². The number of fused-ring (bicyclic) bond motifs is 2. The molecule has 38 heavy (non-hydrogen) atoms. The van der Waals surface area contributed by atoms with E-state index < -0.39 is 0 Å². The summed E-state index contributed by atoms with van der Waals surface area (Å²) >= 11 is 3.64. The molecule has 8 heteroatoms. The normalized spacial score (nSPS) is 21.9. The molecule has 4 heterocycles. The summed E-state index contributed by atoms with van der Waals surface area (Å²) in [5.41, 5.74) is 4.08. The second kappa shape index (κ2) is 10.6. The van der Waals surface area contributed by atoms with E-state index in [9.17, 15) is 4.79 Å². The Morgan fingerprint density at radius 3 is 2.63 bits per heavy atom. The third-order valence-corrected chi connectivity index (χ3v) is 10.9. The molecule has 7 rings (SSSR count). The summed E-state index contributed by atoms with van der Waals surface area (Å²) in [6, 6.07) is 18.4. The van der Waals surface area contributed by atoms with Gasteiger partial charge in [-0.05, 0) is 49.6 Å². The van der Waals surface area contributed by atoms with Crippen LogP contribution < -0.4 is 15.8 Å². The molecular formula is C30H34N4O2S2. The van der Waals surface area contributed by atoms with Gasteiger partial charge in [0.2, 0.25) is 5.56 Å². The van der Waals surface area contributed by atoms with Gasteiger partial charge < -0.3 is 19.9 Å². The van der Waals surface area contributed by atoms with Crippen molar-refractivity contribution < 1.29 is 4.74 Å². The lowest BCUT2D eigenvalue weighted by Crippen LogP contribution is -2.36. The minimum Gasteiger partial charge on any atom is -0.381 e. The van der Waals surface area contributed by atoms with Gasteiger partial charge in [-0.15, -0.1) is 0 Å². The van der Waals surface area contributed by atoms with Crippen LogP contribution in [0.5, 0.6) is 0 Å². The van der Waals surface area contributed by atoms with Crippen molar-refractivity contribution in [1.29, 1.82) is 0 Å². The topological polar surface area (TPSA) is 60.6 Å². The maximum absolute atomic E-state index is 12.6. The fourth-order valence-electron chi connectivity index (χ4n) is 6.32. The van der Waals surface area contributed by atoms with Gasteiger partial charge in [-0.1, -0.05) is 48.5 Å². The number of H-pyrrole nitrogens is 1. The SMILES string of the molecule is O=c1cc(N2CCOCC2)cc(-c2cccc3c2Sc2ccc(NC4CCN(C5CCCC5)C4)cc2S3)[nH]1. The van der Waals surface area contributed by atoms with E-state index in [1.165, 1.54) is 63.9 Å². The number of rotatable bonds is 5. The van der Waals surface area contributed by atoms with E-state index in [1.807, 2.05) is 23.5 Å². The molecule has 4 aliphatic rings. The van der Waals surface area contributed by atoms with Crippen molar-refractivity contribution in [2.24, 2.45) is 0 Å². The first-order chi connectivity index (χ1) is 18.7. The summed E-state index contributed by atoms with van der Waals surface area (Å²) in [4.78, 5) is 25.7. The highest BCUT2D eigenvalue weighted by atomic mass is 32.2. The second-order valence-corrected chi connectivity index (χ2v) is 12.9. The van der Waals surface area contributed by atoms with Gasteiger partial charge in [-0.3, -0.25) is 9.69 Å². The van der Waals surface area contributed by atoms with Gasteiger partial charge in [0.15, 0.2) is 0 Å². The summed E-state index contributed by atoms with van der Waals surface area (Å²) in [7, 11) is 0. The molecule has 0 radical (unpaired) electrons. The number of nitrogens with zero attached hydrogens (tertiary/aromatic N) is 2. The van der Waals surface area contributed by atoms with E-state index in [0.717, 1.165) is 42.6 Å². The Balaban J connectivity index is 1.10. The second-order valence-electron chi connectivity index (χ2n) is 10.8. The molecule has 3 aromatic rings. The Bertz CT molecular complexity index is 1380. The third-order valence-electron chi connectivity index (χ3n) is 8.28. The molecular weight excluding hydrogens is 512 g/mol. The molecule has 1 unspecified atom stereocenters. The van der Waals surface area contributed by atoms with Crippen LogP contribution in [-0.2, 0) is 4.74 Å². The number of ether oxygens (including phenoxy) is 1. The summed E-state index contributed by atoms with van der Waals surface area (Å²) in [5, 5.41) is 3.83. The zero-order valence-corrected chi connectivity index (χ0v) is 23.2. The lowest BCUT2D eigenvalue weighted by atomic mass is 10.1. The lowest BCUT2D eigenvalue weighted by molar-refractivity contribution is 0.122. The molecule has 6 nitrogen and oxygen atoms in total. The first-order valence-corrected chi connectivity index (χ1v) is 15.5. The van der Waals surface area contributed by atoms with Gasteiger partial charge >= 0.3 is 0 Å². The zero-order chi connectivity index (χ0) is 25.5. The van der Waals surface area contributed by atoms with Crippen molar-refractivity contribution >= 4 is 34.9 Å². The minimum absolute atomic E-state index is 0.0652. The maximum Gasteiger partial charge on any atom is 0.250 e. The largest absolute Gasteiger partial charge is 0.381 e. The summed E-state index contributed by atoms with van der Waals surface area (Å²) in [6.45, 7) is 5.40. The van der Waals surface area contributed by atoms with Crippen LogP contribution in [0.3, 0.4) is 0 Å². The van der Waals surface area contributed by atoms with E-state index in [-0.39, 0.29) is 5.56 Å².